The molecule has 0 radical (unpaired) electrons. The van der Waals surface area contributed by atoms with Crippen LogP contribution in [0.2, 0.25) is 0 Å². The fraction of sp³-hybridized carbons (Fsp3) is 0.231. The van der Waals surface area contributed by atoms with Crippen molar-refractivity contribution < 1.29 is 19.4 Å². The number of amides is 1. The molecule has 1 atom stereocenters. The van der Waals surface area contributed by atoms with Crippen LogP contribution in [0.3, 0.4) is 0 Å². The number of ether oxygens (including phenoxy) is 1. The van der Waals surface area contributed by atoms with Crippen molar-refractivity contribution in [3.63, 3.8) is 0 Å². The van der Waals surface area contributed by atoms with Gasteiger partial charge in [-0.2, -0.15) is 0 Å². The summed E-state index contributed by atoms with van der Waals surface area (Å²) >= 11 is 0. The first-order valence-electron chi connectivity index (χ1n) is 10.5. The Balaban J connectivity index is 1.31. The van der Waals surface area contributed by atoms with Crippen LogP contribution in [0.4, 0.5) is 4.79 Å². The van der Waals surface area contributed by atoms with E-state index in [0.29, 0.717) is 12.8 Å². The molecule has 1 amide bonds. The standard InChI is InChI=1S/C26H25NO4/c1-17(13-14-18-7-6-8-19(15-18)25(28)29)27-26(30)31-16-24-22-11-4-2-9-20(22)21-10-3-5-12-23(21)24/h2-12,15,17,24H,13-14,16H2,1H3,(H,27,30)(H,28,29)/t17-/m1/s1. The molecule has 0 unspecified atom stereocenters. The lowest BCUT2D eigenvalue weighted by molar-refractivity contribution is 0.0696. The highest BCUT2D eigenvalue weighted by molar-refractivity contribution is 5.87. The number of hydrogen-bond donors (Lipinski definition) is 2. The highest BCUT2D eigenvalue weighted by Crippen LogP contribution is 2.44. The molecular formula is C26H25NO4. The molecule has 2 N–H and O–H groups in total. The average molecular weight is 415 g/mol. The van der Waals surface area contributed by atoms with Gasteiger partial charge in [-0.15, -0.1) is 0 Å². The first-order chi connectivity index (χ1) is 15.0. The molecule has 31 heavy (non-hydrogen) atoms. The van der Waals surface area contributed by atoms with Gasteiger partial charge in [0, 0.05) is 12.0 Å². The Hall–Kier alpha value is -3.60. The number of alkyl carbamates (subject to hydrolysis) is 1. The zero-order chi connectivity index (χ0) is 21.8. The summed E-state index contributed by atoms with van der Waals surface area (Å²) in [5, 5.41) is 12.0. The summed E-state index contributed by atoms with van der Waals surface area (Å²) in [4.78, 5) is 23.5. The van der Waals surface area contributed by atoms with Crippen molar-refractivity contribution in [2.24, 2.45) is 0 Å². The van der Waals surface area contributed by atoms with Crippen LogP contribution < -0.4 is 5.32 Å². The van der Waals surface area contributed by atoms with E-state index in [4.69, 9.17) is 9.84 Å². The molecule has 3 aromatic carbocycles. The quantitative estimate of drug-likeness (QED) is 0.553. The maximum absolute atomic E-state index is 12.4. The first-order valence-corrected chi connectivity index (χ1v) is 10.5. The van der Waals surface area contributed by atoms with E-state index in [1.807, 2.05) is 37.3 Å². The second kappa shape index (κ2) is 9.04. The molecule has 0 spiro atoms. The molecule has 5 heteroatoms. The number of nitrogens with one attached hydrogen (secondary N) is 1. The van der Waals surface area contributed by atoms with Crippen LogP contribution >= 0.6 is 0 Å². The van der Waals surface area contributed by atoms with E-state index in [2.05, 4.69) is 29.6 Å². The minimum atomic E-state index is -0.938. The van der Waals surface area contributed by atoms with Crippen molar-refractivity contribution in [2.45, 2.75) is 31.7 Å². The summed E-state index contributed by atoms with van der Waals surface area (Å²) in [6.45, 7) is 2.20. The number of rotatable bonds is 7. The number of carbonyl (C=O) groups is 2. The molecule has 0 bridgehead atoms. The number of carboxylic acid groups (broad SMARTS) is 1. The second-order valence-electron chi connectivity index (χ2n) is 7.92. The molecule has 0 aromatic heterocycles. The highest BCUT2D eigenvalue weighted by Gasteiger charge is 2.29. The van der Waals surface area contributed by atoms with E-state index in [9.17, 15) is 9.59 Å². The SMILES string of the molecule is C[C@H](CCc1cccc(C(=O)O)c1)NC(=O)OCC1c2ccccc2-c2ccccc21. The Morgan fingerprint density at radius 1 is 0.968 bits per heavy atom. The molecule has 3 aromatic rings. The molecule has 158 valence electrons. The van der Waals surface area contributed by atoms with Gasteiger partial charge in [-0.05, 0) is 59.7 Å². The van der Waals surface area contributed by atoms with Crippen LogP contribution in [0.25, 0.3) is 11.1 Å². The largest absolute Gasteiger partial charge is 0.478 e. The van der Waals surface area contributed by atoms with Gasteiger partial charge in [-0.25, -0.2) is 9.59 Å². The van der Waals surface area contributed by atoms with E-state index in [-0.39, 0.29) is 24.1 Å². The molecule has 1 aliphatic carbocycles. The van der Waals surface area contributed by atoms with Crippen molar-refractivity contribution in [2.75, 3.05) is 6.61 Å². The zero-order valence-corrected chi connectivity index (χ0v) is 17.4. The van der Waals surface area contributed by atoms with Gasteiger partial charge >= 0.3 is 12.1 Å². The highest BCUT2D eigenvalue weighted by atomic mass is 16.5. The van der Waals surface area contributed by atoms with Crippen molar-refractivity contribution in [3.8, 4) is 11.1 Å². The molecular weight excluding hydrogens is 390 g/mol. The molecule has 4 rings (SSSR count). The van der Waals surface area contributed by atoms with Crippen LogP contribution in [0.1, 0.15) is 46.3 Å². The minimum absolute atomic E-state index is 0.0345. The number of carboxylic acids is 1. The monoisotopic (exact) mass is 415 g/mol. The van der Waals surface area contributed by atoms with Crippen molar-refractivity contribution in [1.29, 1.82) is 0 Å². The third-order valence-corrected chi connectivity index (χ3v) is 5.75. The molecule has 0 saturated carbocycles. The number of hydrogen-bond acceptors (Lipinski definition) is 3. The fourth-order valence-corrected chi connectivity index (χ4v) is 4.16. The van der Waals surface area contributed by atoms with Gasteiger partial charge in [0.05, 0.1) is 5.56 Å². The van der Waals surface area contributed by atoms with E-state index in [1.165, 1.54) is 22.3 Å². The summed E-state index contributed by atoms with van der Waals surface area (Å²) < 4.78 is 5.59. The Morgan fingerprint density at radius 2 is 1.61 bits per heavy atom. The predicted molar refractivity (Wildman–Crippen MR) is 119 cm³/mol. The Morgan fingerprint density at radius 3 is 2.26 bits per heavy atom. The maximum atomic E-state index is 12.4. The summed E-state index contributed by atoms with van der Waals surface area (Å²) in [5.74, 6) is -0.904. The number of fused-ring (bicyclic) bond motifs is 3. The minimum Gasteiger partial charge on any atom is -0.478 e. The summed E-state index contributed by atoms with van der Waals surface area (Å²) in [5.41, 5.74) is 5.97. The molecule has 0 heterocycles. The third-order valence-electron chi connectivity index (χ3n) is 5.75. The number of benzene rings is 3. The van der Waals surface area contributed by atoms with Crippen LogP contribution in [0.5, 0.6) is 0 Å². The fourth-order valence-electron chi connectivity index (χ4n) is 4.16. The smallest absolute Gasteiger partial charge is 0.407 e. The predicted octanol–water partition coefficient (Wildman–Crippen LogP) is 5.24. The third kappa shape index (κ3) is 4.61. The molecule has 0 saturated heterocycles. The molecule has 5 nitrogen and oxygen atoms in total. The van der Waals surface area contributed by atoms with E-state index in [1.54, 1.807) is 18.2 Å². The number of carbonyl (C=O) groups excluding carboxylic acids is 1. The van der Waals surface area contributed by atoms with Crippen LogP contribution in [0.15, 0.2) is 72.8 Å². The topological polar surface area (TPSA) is 75.6 Å². The van der Waals surface area contributed by atoms with Crippen LogP contribution in [0, 0.1) is 0 Å². The van der Waals surface area contributed by atoms with Crippen LogP contribution in [-0.2, 0) is 11.2 Å². The average Bonchev–Trinajstić information content (AvgIpc) is 3.10. The van der Waals surface area contributed by atoms with E-state index < -0.39 is 12.1 Å². The maximum Gasteiger partial charge on any atom is 0.407 e. The van der Waals surface area contributed by atoms with E-state index >= 15 is 0 Å². The summed E-state index contributed by atoms with van der Waals surface area (Å²) in [6, 6.07) is 23.3. The van der Waals surface area contributed by atoms with Gasteiger partial charge in [0.2, 0.25) is 0 Å². The number of aryl methyl sites for hydroxylation is 1. The lowest BCUT2D eigenvalue weighted by atomic mass is 9.98. The van der Waals surface area contributed by atoms with Gasteiger partial charge in [-0.3, -0.25) is 0 Å². The Labute approximate surface area is 181 Å². The van der Waals surface area contributed by atoms with Gasteiger partial charge in [0.15, 0.2) is 0 Å². The molecule has 1 aliphatic rings. The van der Waals surface area contributed by atoms with Crippen molar-refractivity contribution in [3.05, 3.63) is 95.1 Å². The lowest BCUT2D eigenvalue weighted by Crippen LogP contribution is -2.34. The van der Waals surface area contributed by atoms with Gasteiger partial charge in [0.1, 0.15) is 6.61 Å². The van der Waals surface area contributed by atoms with Crippen molar-refractivity contribution >= 4 is 12.1 Å². The first kappa shape index (κ1) is 20.7. The lowest BCUT2D eigenvalue weighted by Gasteiger charge is -2.17. The number of aromatic carboxylic acids is 1. The van der Waals surface area contributed by atoms with Gasteiger partial charge in [0.25, 0.3) is 0 Å². The van der Waals surface area contributed by atoms with Crippen LogP contribution in [-0.4, -0.2) is 29.8 Å². The molecule has 0 fully saturated rings. The summed E-state index contributed by atoms with van der Waals surface area (Å²) in [6.07, 6.45) is 0.924. The van der Waals surface area contributed by atoms with Crippen molar-refractivity contribution in [1.82, 2.24) is 5.32 Å². The Kier molecular flexibility index (Phi) is 6.03. The van der Waals surface area contributed by atoms with Gasteiger partial charge in [-0.1, -0.05) is 60.7 Å². The second-order valence-corrected chi connectivity index (χ2v) is 7.92. The Bertz CT molecular complexity index is 1060. The normalized spacial score (nSPS) is 13.2. The van der Waals surface area contributed by atoms with Gasteiger partial charge < -0.3 is 15.2 Å². The molecule has 0 aliphatic heterocycles. The van der Waals surface area contributed by atoms with E-state index in [0.717, 1.165) is 5.56 Å². The summed E-state index contributed by atoms with van der Waals surface area (Å²) in [7, 11) is 0. The zero-order valence-electron chi connectivity index (χ0n) is 17.4.